The predicted molar refractivity (Wildman–Crippen MR) is 87.6 cm³/mol. The molecule has 1 amide bonds. The second-order valence-electron chi connectivity index (χ2n) is 4.96. The number of benzene rings is 1. The first-order valence-corrected chi connectivity index (χ1v) is 7.30. The summed E-state index contributed by atoms with van der Waals surface area (Å²) in [6.07, 6.45) is 1.75. The van der Waals surface area contributed by atoms with Gasteiger partial charge in [0.2, 0.25) is 5.91 Å². The number of amides is 1. The summed E-state index contributed by atoms with van der Waals surface area (Å²) in [6, 6.07) is 12.4. The molecule has 0 aliphatic rings. The zero-order chi connectivity index (χ0) is 16.5. The molecule has 1 aromatic carbocycles. The Kier molecular flexibility index (Phi) is 6.53. The smallest absolute Gasteiger partial charge is 0.250 e. The first-order valence-electron chi connectivity index (χ1n) is 7.30. The normalized spacial score (nSPS) is 10.5. The van der Waals surface area contributed by atoms with Gasteiger partial charge in [0.1, 0.15) is 6.61 Å². The zero-order valence-electron chi connectivity index (χ0n) is 13.0. The molecule has 2 rings (SSSR count). The summed E-state index contributed by atoms with van der Waals surface area (Å²) in [4.78, 5) is 23.3. The summed E-state index contributed by atoms with van der Waals surface area (Å²) < 4.78 is 11.6. The van der Waals surface area contributed by atoms with Gasteiger partial charge in [-0.2, -0.15) is 0 Å². The van der Waals surface area contributed by atoms with E-state index in [4.69, 9.17) is 9.47 Å². The molecule has 0 saturated carbocycles. The maximum Gasteiger partial charge on any atom is 0.250 e. The Morgan fingerprint density at radius 2 is 1.91 bits per heavy atom. The van der Waals surface area contributed by atoms with Gasteiger partial charge in [-0.3, -0.25) is 9.59 Å². The van der Waals surface area contributed by atoms with Gasteiger partial charge in [0.15, 0.2) is 0 Å². The van der Waals surface area contributed by atoms with Crippen molar-refractivity contribution in [1.29, 1.82) is 0 Å². The number of carbonyl (C=O) groups is 1. The molecule has 0 spiro atoms. The monoisotopic (exact) mass is 316 g/mol. The molecular weight excluding hydrogens is 296 g/mol. The fourth-order valence-corrected chi connectivity index (χ4v) is 1.99. The molecule has 2 aromatic rings. The van der Waals surface area contributed by atoms with E-state index in [0.717, 1.165) is 5.56 Å². The van der Waals surface area contributed by atoms with Crippen molar-refractivity contribution in [2.24, 2.45) is 0 Å². The molecule has 1 heterocycles. The largest absolute Gasteiger partial charge is 0.382 e. The molecule has 122 valence electrons. The minimum absolute atomic E-state index is 0.00940. The Hall–Kier alpha value is -2.44. The van der Waals surface area contributed by atoms with Crippen molar-refractivity contribution in [1.82, 2.24) is 4.57 Å². The Bertz CT molecular complexity index is 679. The summed E-state index contributed by atoms with van der Waals surface area (Å²) in [6.45, 7) is 1.33. The van der Waals surface area contributed by atoms with Crippen molar-refractivity contribution in [3.05, 3.63) is 64.6 Å². The van der Waals surface area contributed by atoms with Crippen LogP contribution < -0.4 is 10.9 Å². The second-order valence-corrected chi connectivity index (χ2v) is 4.96. The molecule has 1 N–H and O–H groups in total. The lowest BCUT2D eigenvalue weighted by molar-refractivity contribution is -0.121. The van der Waals surface area contributed by atoms with Crippen LogP contribution in [0.2, 0.25) is 0 Å². The number of nitrogens with zero attached hydrogens (tertiary/aromatic N) is 1. The van der Waals surface area contributed by atoms with Gasteiger partial charge in [0.25, 0.3) is 5.56 Å². The van der Waals surface area contributed by atoms with Crippen LogP contribution in [-0.4, -0.2) is 37.4 Å². The van der Waals surface area contributed by atoms with Gasteiger partial charge in [-0.25, -0.2) is 0 Å². The van der Waals surface area contributed by atoms with Crippen LogP contribution in [0.25, 0.3) is 0 Å². The molecule has 0 unspecified atom stereocenters. The van der Waals surface area contributed by atoms with Gasteiger partial charge in [-0.15, -0.1) is 0 Å². The molecule has 0 radical (unpaired) electrons. The van der Waals surface area contributed by atoms with E-state index in [2.05, 4.69) is 5.32 Å². The molecule has 0 aliphatic heterocycles. The molecule has 23 heavy (non-hydrogen) atoms. The Morgan fingerprint density at radius 3 is 2.61 bits per heavy atom. The maximum absolute atomic E-state index is 11.7. The molecular formula is C17H20N2O4. The Morgan fingerprint density at radius 1 is 1.13 bits per heavy atom. The summed E-state index contributed by atoms with van der Waals surface area (Å²) >= 11 is 0. The van der Waals surface area contributed by atoms with E-state index in [1.54, 1.807) is 36.1 Å². The van der Waals surface area contributed by atoms with Gasteiger partial charge in [-0.1, -0.05) is 18.2 Å². The molecule has 0 atom stereocenters. The highest BCUT2D eigenvalue weighted by molar-refractivity contribution is 5.91. The number of hydrogen-bond donors (Lipinski definition) is 1. The van der Waals surface area contributed by atoms with E-state index in [-0.39, 0.29) is 18.1 Å². The Balaban J connectivity index is 1.86. The van der Waals surface area contributed by atoms with E-state index < -0.39 is 0 Å². The van der Waals surface area contributed by atoms with Crippen LogP contribution in [0.4, 0.5) is 5.69 Å². The third kappa shape index (κ3) is 5.69. The van der Waals surface area contributed by atoms with Crippen molar-refractivity contribution >= 4 is 11.6 Å². The number of methoxy groups -OCH3 is 1. The van der Waals surface area contributed by atoms with Crippen LogP contribution in [0.15, 0.2) is 53.5 Å². The van der Waals surface area contributed by atoms with E-state index in [1.807, 2.05) is 18.2 Å². The lowest BCUT2D eigenvalue weighted by Crippen LogP contribution is -2.20. The summed E-state index contributed by atoms with van der Waals surface area (Å²) in [7, 11) is 1.58. The van der Waals surface area contributed by atoms with Gasteiger partial charge in [0.05, 0.1) is 19.8 Å². The minimum Gasteiger partial charge on any atom is -0.382 e. The molecule has 0 bridgehead atoms. The molecule has 6 heteroatoms. The van der Waals surface area contributed by atoms with Gasteiger partial charge in [0, 0.05) is 25.1 Å². The number of rotatable bonds is 8. The number of anilines is 1. The van der Waals surface area contributed by atoms with Crippen molar-refractivity contribution in [3.63, 3.8) is 0 Å². The van der Waals surface area contributed by atoms with Crippen LogP contribution >= 0.6 is 0 Å². The van der Waals surface area contributed by atoms with Crippen molar-refractivity contribution in [2.45, 2.75) is 6.54 Å². The number of ether oxygens (including phenoxy) is 2. The fraction of sp³-hybridized carbons (Fsp3) is 0.294. The third-order valence-corrected chi connectivity index (χ3v) is 3.15. The first kappa shape index (κ1) is 16.9. The molecule has 0 fully saturated rings. The summed E-state index contributed by atoms with van der Waals surface area (Å²) in [5.74, 6) is -0.215. The fourth-order valence-electron chi connectivity index (χ4n) is 1.99. The zero-order valence-corrected chi connectivity index (χ0v) is 13.0. The molecule has 6 nitrogen and oxygen atoms in total. The highest BCUT2D eigenvalue weighted by Crippen LogP contribution is 2.10. The quantitative estimate of drug-likeness (QED) is 0.749. The number of pyridine rings is 1. The van der Waals surface area contributed by atoms with E-state index >= 15 is 0 Å². The average Bonchev–Trinajstić information content (AvgIpc) is 2.55. The summed E-state index contributed by atoms with van der Waals surface area (Å²) in [5.41, 5.74) is 1.63. The van der Waals surface area contributed by atoms with Crippen LogP contribution in [-0.2, 0) is 20.8 Å². The maximum atomic E-state index is 11.7. The van der Waals surface area contributed by atoms with Crippen LogP contribution in [0.1, 0.15) is 5.56 Å². The second kappa shape index (κ2) is 8.87. The first-order chi connectivity index (χ1) is 11.2. The topological polar surface area (TPSA) is 69.6 Å². The Labute approximate surface area is 134 Å². The van der Waals surface area contributed by atoms with Crippen LogP contribution in [0.3, 0.4) is 0 Å². The number of hydrogen-bond acceptors (Lipinski definition) is 4. The molecule has 0 aliphatic carbocycles. The molecule has 1 aromatic heterocycles. The van der Waals surface area contributed by atoms with Crippen molar-refractivity contribution in [3.8, 4) is 0 Å². The minimum atomic E-state index is -0.215. The lowest BCUT2D eigenvalue weighted by Gasteiger charge is -2.08. The van der Waals surface area contributed by atoms with E-state index in [0.29, 0.717) is 25.4 Å². The van der Waals surface area contributed by atoms with Crippen LogP contribution in [0, 0.1) is 0 Å². The number of carbonyl (C=O) groups excluding carboxylic acids is 1. The highest BCUT2D eigenvalue weighted by atomic mass is 16.5. The number of nitrogens with one attached hydrogen (secondary N) is 1. The predicted octanol–water partition coefficient (Wildman–Crippen LogP) is 1.50. The van der Waals surface area contributed by atoms with Gasteiger partial charge in [-0.05, 0) is 23.8 Å². The van der Waals surface area contributed by atoms with Crippen molar-refractivity contribution in [2.75, 3.05) is 32.2 Å². The van der Waals surface area contributed by atoms with Crippen LogP contribution in [0.5, 0.6) is 0 Å². The average molecular weight is 316 g/mol. The highest BCUT2D eigenvalue weighted by Gasteiger charge is 2.03. The standard InChI is InChI=1S/C17H20N2O4/c1-22-10-11-23-13-16(20)18-15-7-5-14(6-8-15)12-19-9-3-2-4-17(19)21/h2-9H,10-13H2,1H3,(H,18,20). The van der Waals surface area contributed by atoms with Gasteiger partial charge < -0.3 is 19.4 Å². The van der Waals surface area contributed by atoms with Gasteiger partial charge >= 0.3 is 0 Å². The lowest BCUT2D eigenvalue weighted by atomic mass is 10.2. The molecule has 0 saturated heterocycles. The van der Waals surface area contributed by atoms with E-state index in [1.165, 1.54) is 6.07 Å². The van der Waals surface area contributed by atoms with Crippen molar-refractivity contribution < 1.29 is 14.3 Å². The number of aromatic nitrogens is 1. The third-order valence-electron chi connectivity index (χ3n) is 3.15. The van der Waals surface area contributed by atoms with E-state index in [9.17, 15) is 9.59 Å². The SMILES string of the molecule is COCCOCC(=O)Nc1ccc(Cn2ccccc2=O)cc1. The summed E-state index contributed by atoms with van der Waals surface area (Å²) in [5, 5.41) is 2.75.